The summed E-state index contributed by atoms with van der Waals surface area (Å²) in [5.41, 5.74) is 3.76. The molecule has 5 heteroatoms. The van der Waals surface area contributed by atoms with Gasteiger partial charge in [-0.15, -0.1) is 0 Å². The van der Waals surface area contributed by atoms with Gasteiger partial charge in [0.1, 0.15) is 0 Å². The van der Waals surface area contributed by atoms with Gasteiger partial charge in [0.15, 0.2) is 5.16 Å². The molecule has 1 fully saturated rings. The summed E-state index contributed by atoms with van der Waals surface area (Å²) in [6.45, 7) is 0.750. The number of hydrogen-bond acceptors (Lipinski definition) is 4. The number of aromatic nitrogens is 2. The van der Waals surface area contributed by atoms with Gasteiger partial charge in [-0.25, -0.2) is 4.98 Å². The van der Waals surface area contributed by atoms with Gasteiger partial charge in [0.2, 0.25) is 0 Å². The number of benzene rings is 1. The molecule has 4 rings (SSSR count). The molecule has 0 atom stereocenters. The zero-order valence-corrected chi connectivity index (χ0v) is 14.0. The molecule has 2 aliphatic rings. The molecular weight excluding hydrogens is 306 g/mol. The van der Waals surface area contributed by atoms with Crippen molar-refractivity contribution in [1.29, 1.82) is 0 Å². The zero-order chi connectivity index (χ0) is 15.8. The van der Waals surface area contributed by atoms with Crippen molar-refractivity contribution in [1.82, 2.24) is 9.55 Å². The van der Waals surface area contributed by atoms with E-state index in [1.54, 1.807) is 29.6 Å². The van der Waals surface area contributed by atoms with Crippen LogP contribution in [0.15, 0.2) is 39.2 Å². The van der Waals surface area contributed by atoms with Gasteiger partial charge in [-0.05, 0) is 30.7 Å². The second-order valence-corrected chi connectivity index (χ2v) is 7.16. The lowest BCUT2D eigenvalue weighted by Crippen LogP contribution is -2.29. The molecule has 23 heavy (non-hydrogen) atoms. The van der Waals surface area contributed by atoms with Gasteiger partial charge >= 0.3 is 0 Å². The monoisotopic (exact) mass is 325 g/mol. The van der Waals surface area contributed by atoms with Crippen LogP contribution in [-0.2, 0) is 6.54 Å². The molecular formula is C18H19N3OS. The molecule has 1 aromatic carbocycles. The molecule has 0 bridgehead atoms. The van der Waals surface area contributed by atoms with Gasteiger partial charge in [-0.1, -0.05) is 36.0 Å². The van der Waals surface area contributed by atoms with Crippen molar-refractivity contribution < 1.29 is 0 Å². The maximum Gasteiger partial charge on any atom is 0.263 e. The first-order valence-corrected chi connectivity index (χ1v) is 9.06. The van der Waals surface area contributed by atoms with Crippen molar-refractivity contribution in [2.45, 2.75) is 36.9 Å². The van der Waals surface area contributed by atoms with Gasteiger partial charge in [0.05, 0.1) is 11.3 Å². The Bertz CT molecular complexity index is 819. The van der Waals surface area contributed by atoms with Crippen LogP contribution in [0, 0.1) is 0 Å². The minimum absolute atomic E-state index is 0.0223. The second-order valence-electron chi connectivity index (χ2n) is 6.10. The van der Waals surface area contributed by atoms with Crippen molar-refractivity contribution in [3.8, 4) is 11.3 Å². The lowest BCUT2D eigenvalue weighted by molar-refractivity contribution is 0.563. The number of rotatable bonds is 3. The largest absolute Gasteiger partial charge is 0.296 e. The van der Waals surface area contributed by atoms with E-state index in [0.717, 1.165) is 41.1 Å². The lowest BCUT2D eigenvalue weighted by Gasteiger charge is -2.19. The van der Waals surface area contributed by atoms with Crippen LogP contribution in [0.3, 0.4) is 0 Å². The van der Waals surface area contributed by atoms with Crippen molar-refractivity contribution in [2.24, 2.45) is 4.99 Å². The first kappa shape index (κ1) is 14.7. The van der Waals surface area contributed by atoms with Crippen molar-refractivity contribution >= 4 is 18.0 Å². The normalized spacial score (nSPS) is 17.4. The quantitative estimate of drug-likeness (QED) is 0.642. The summed E-state index contributed by atoms with van der Waals surface area (Å²) in [6.07, 6.45) is 5.24. The molecule has 2 heterocycles. The Morgan fingerprint density at radius 1 is 1.30 bits per heavy atom. The summed E-state index contributed by atoms with van der Waals surface area (Å²) >= 11 is 1.66. The van der Waals surface area contributed by atoms with E-state index in [1.807, 2.05) is 0 Å². The third kappa shape index (κ3) is 2.74. The fourth-order valence-electron chi connectivity index (χ4n) is 3.04. The van der Waals surface area contributed by atoms with Crippen LogP contribution < -0.4 is 5.56 Å². The molecule has 0 N–H and O–H groups in total. The topological polar surface area (TPSA) is 47.2 Å². The smallest absolute Gasteiger partial charge is 0.263 e. The van der Waals surface area contributed by atoms with Crippen LogP contribution in [0.25, 0.3) is 11.3 Å². The molecule has 0 spiro atoms. The van der Waals surface area contributed by atoms with Crippen LogP contribution >= 0.6 is 11.8 Å². The Labute approximate surface area is 139 Å². The van der Waals surface area contributed by atoms with E-state index in [-0.39, 0.29) is 5.56 Å². The number of nitrogens with zero attached hydrogens (tertiary/aromatic N) is 3. The summed E-state index contributed by atoms with van der Waals surface area (Å²) < 4.78 is 1.78. The van der Waals surface area contributed by atoms with E-state index in [9.17, 15) is 4.79 Å². The molecule has 1 saturated carbocycles. The third-order valence-electron chi connectivity index (χ3n) is 4.42. The van der Waals surface area contributed by atoms with Crippen LogP contribution in [0.1, 0.15) is 36.3 Å². The molecule has 1 aliphatic heterocycles. The molecule has 0 unspecified atom stereocenters. The van der Waals surface area contributed by atoms with Crippen LogP contribution in [0.4, 0.5) is 0 Å². The molecule has 1 aliphatic carbocycles. The lowest BCUT2D eigenvalue weighted by atomic mass is 10.0. The summed E-state index contributed by atoms with van der Waals surface area (Å²) in [5.74, 6) is 1.76. The number of aliphatic imine (C=N–C) groups is 1. The molecule has 2 aromatic rings. The Morgan fingerprint density at radius 2 is 2.09 bits per heavy atom. The van der Waals surface area contributed by atoms with Crippen LogP contribution in [0.2, 0.25) is 0 Å². The molecule has 0 radical (unpaired) electrons. The maximum absolute atomic E-state index is 12.8. The van der Waals surface area contributed by atoms with E-state index in [2.05, 4.69) is 29.3 Å². The highest BCUT2D eigenvalue weighted by Gasteiger charge is 2.24. The zero-order valence-electron chi connectivity index (χ0n) is 13.2. The van der Waals surface area contributed by atoms with Crippen molar-refractivity contribution in [3.05, 3.63) is 45.7 Å². The van der Waals surface area contributed by atoms with Gasteiger partial charge in [0.25, 0.3) is 5.56 Å². The molecule has 0 saturated heterocycles. The average molecular weight is 325 g/mol. The Balaban J connectivity index is 1.85. The summed E-state index contributed by atoms with van der Waals surface area (Å²) in [7, 11) is 1.69. The maximum atomic E-state index is 12.8. The number of fused-ring (bicyclic) bond motifs is 1. The minimum Gasteiger partial charge on any atom is -0.296 e. The van der Waals surface area contributed by atoms with E-state index < -0.39 is 0 Å². The van der Waals surface area contributed by atoms with Gasteiger partial charge < -0.3 is 0 Å². The summed E-state index contributed by atoms with van der Waals surface area (Å²) in [6, 6.07) is 8.53. The third-order valence-corrected chi connectivity index (χ3v) is 5.48. The van der Waals surface area contributed by atoms with E-state index in [1.165, 1.54) is 18.4 Å². The first-order valence-electron chi connectivity index (χ1n) is 8.08. The number of hydrogen-bond donors (Lipinski definition) is 0. The van der Waals surface area contributed by atoms with Crippen LogP contribution in [-0.4, -0.2) is 28.6 Å². The molecule has 0 amide bonds. The predicted octanol–water partition coefficient (Wildman–Crippen LogP) is 3.33. The highest BCUT2D eigenvalue weighted by molar-refractivity contribution is 7.99. The van der Waals surface area contributed by atoms with Gasteiger partial charge in [0, 0.05) is 31.1 Å². The average Bonchev–Trinajstić information content (AvgIpc) is 3.43. The van der Waals surface area contributed by atoms with Gasteiger partial charge in [-0.2, -0.15) is 0 Å². The van der Waals surface area contributed by atoms with Gasteiger partial charge in [-0.3, -0.25) is 14.4 Å². The predicted molar refractivity (Wildman–Crippen MR) is 94.8 cm³/mol. The molecule has 1 aromatic heterocycles. The Hall–Kier alpha value is -1.88. The van der Waals surface area contributed by atoms with E-state index >= 15 is 0 Å². The summed E-state index contributed by atoms with van der Waals surface area (Å²) in [4.78, 5) is 21.7. The minimum atomic E-state index is 0.0223. The van der Waals surface area contributed by atoms with Crippen molar-refractivity contribution in [3.63, 3.8) is 0 Å². The fraction of sp³-hybridized carbons (Fsp3) is 0.389. The molecule has 4 nitrogen and oxygen atoms in total. The van der Waals surface area contributed by atoms with E-state index in [4.69, 9.17) is 4.98 Å². The SMILES string of the molecule is CN=Cc1c(-c2ccc(C3CC3)cc2)nc2n(c1=O)CCCS2. The Morgan fingerprint density at radius 3 is 2.78 bits per heavy atom. The first-order chi connectivity index (χ1) is 11.3. The second kappa shape index (κ2) is 5.96. The highest BCUT2D eigenvalue weighted by Crippen LogP contribution is 2.40. The number of thioether (sulfide) groups is 1. The summed E-state index contributed by atoms with van der Waals surface area (Å²) in [5, 5.41) is 0.829. The van der Waals surface area contributed by atoms with Crippen LogP contribution in [0.5, 0.6) is 0 Å². The van der Waals surface area contributed by atoms with E-state index in [0.29, 0.717) is 5.56 Å². The Kier molecular flexibility index (Phi) is 3.81. The highest BCUT2D eigenvalue weighted by atomic mass is 32.2. The van der Waals surface area contributed by atoms with Crippen molar-refractivity contribution in [2.75, 3.05) is 12.8 Å². The standard InChI is InChI=1S/C18H19N3OS/c1-19-11-15-16(14-7-5-13(6-8-14)12-3-4-12)20-18-21(17(15)22)9-2-10-23-18/h5-8,11-12H,2-4,9-10H2,1H3. The fourth-order valence-corrected chi connectivity index (χ4v) is 3.98. The molecule has 118 valence electrons.